The number of hydrogen-bond acceptors (Lipinski definition) is 2. The summed E-state index contributed by atoms with van der Waals surface area (Å²) >= 11 is 6.25. The molecule has 0 atom stereocenters. The minimum absolute atomic E-state index is 0.00114. The molecule has 0 aliphatic carbocycles. The number of para-hydroxylation sites is 1. The van der Waals surface area contributed by atoms with Crippen LogP contribution in [0.15, 0.2) is 48.7 Å². The molecule has 0 radical (unpaired) electrons. The molecule has 0 aliphatic rings. The Morgan fingerprint density at radius 1 is 1.21 bits per heavy atom. The van der Waals surface area contributed by atoms with Crippen LogP contribution in [0.5, 0.6) is 0 Å². The maximum atomic E-state index is 7.41. The zero-order valence-corrected chi connectivity index (χ0v) is 10.7. The molecule has 0 bridgehead atoms. The van der Waals surface area contributed by atoms with Crippen molar-refractivity contribution >= 4 is 28.3 Å². The number of benzene rings is 2. The van der Waals surface area contributed by atoms with E-state index < -0.39 is 0 Å². The molecule has 3 rings (SSSR count). The highest BCUT2D eigenvalue weighted by Gasteiger charge is 2.09. The van der Waals surface area contributed by atoms with Crippen molar-refractivity contribution in [2.45, 2.75) is 0 Å². The summed E-state index contributed by atoms with van der Waals surface area (Å²) in [6.07, 6.45) is 1.80. The molecule has 0 saturated heterocycles. The zero-order valence-electron chi connectivity index (χ0n) is 9.97. The molecular weight excluding hydrogens is 260 g/mol. The van der Waals surface area contributed by atoms with Crippen LogP contribution in [0.3, 0.4) is 0 Å². The lowest BCUT2D eigenvalue weighted by Crippen LogP contribution is -2.11. The highest BCUT2D eigenvalue weighted by molar-refractivity contribution is 6.32. The fraction of sp³-hybridized carbons (Fsp3) is 0. The van der Waals surface area contributed by atoms with Gasteiger partial charge in [0.25, 0.3) is 0 Å². The van der Waals surface area contributed by atoms with Crippen LogP contribution in [0.2, 0.25) is 5.02 Å². The minimum Gasteiger partial charge on any atom is -0.384 e. The minimum atomic E-state index is -0.00114. The van der Waals surface area contributed by atoms with E-state index in [0.717, 1.165) is 16.6 Å². The van der Waals surface area contributed by atoms with Gasteiger partial charge in [-0.05, 0) is 24.3 Å². The van der Waals surface area contributed by atoms with Gasteiger partial charge in [0.2, 0.25) is 0 Å². The van der Waals surface area contributed by atoms with Gasteiger partial charge in [-0.3, -0.25) is 5.41 Å². The van der Waals surface area contributed by atoms with Gasteiger partial charge < -0.3 is 5.73 Å². The van der Waals surface area contributed by atoms with Crippen molar-refractivity contribution in [3.63, 3.8) is 0 Å². The van der Waals surface area contributed by atoms with Crippen LogP contribution in [0.1, 0.15) is 5.56 Å². The Kier molecular flexibility index (Phi) is 2.72. The standard InChI is InChI=1S/C14H11ClN4/c15-11-7-9(14(16)17)5-6-13(11)19-12-4-2-1-3-10(12)8-18-19/h1-8H,(H3,16,17). The zero-order chi connectivity index (χ0) is 13.4. The smallest absolute Gasteiger partial charge is 0.122 e. The molecule has 0 amide bonds. The van der Waals surface area contributed by atoms with Crippen LogP contribution in [-0.4, -0.2) is 15.6 Å². The van der Waals surface area contributed by atoms with Crippen molar-refractivity contribution in [2.75, 3.05) is 0 Å². The molecular formula is C14H11ClN4. The summed E-state index contributed by atoms with van der Waals surface area (Å²) in [6, 6.07) is 13.2. The van der Waals surface area contributed by atoms with Crippen molar-refractivity contribution in [1.82, 2.24) is 9.78 Å². The van der Waals surface area contributed by atoms with Gasteiger partial charge in [0.1, 0.15) is 5.84 Å². The van der Waals surface area contributed by atoms with Crippen molar-refractivity contribution in [3.05, 3.63) is 59.2 Å². The van der Waals surface area contributed by atoms with Gasteiger partial charge in [-0.15, -0.1) is 0 Å². The first-order valence-corrected chi connectivity index (χ1v) is 6.12. The summed E-state index contributed by atoms with van der Waals surface area (Å²) in [4.78, 5) is 0. The predicted molar refractivity (Wildman–Crippen MR) is 77.1 cm³/mol. The topological polar surface area (TPSA) is 67.7 Å². The van der Waals surface area contributed by atoms with Gasteiger partial charge in [-0.2, -0.15) is 5.10 Å². The third kappa shape index (κ3) is 1.96. The molecule has 0 unspecified atom stereocenters. The first-order chi connectivity index (χ1) is 9.16. The first kappa shape index (κ1) is 11.7. The van der Waals surface area contributed by atoms with E-state index in [1.165, 1.54) is 0 Å². The maximum Gasteiger partial charge on any atom is 0.122 e. The molecule has 0 spiro atoms. The molecule has 0 fully saturated rings. The van der Waals surface area contributed by atoms with E-state index in [9.17, 15) is 0 Å². The first-order valence-electron chi connectivity index (χ1n) is 5.74. The quantitative estimate of drug-likeness (QED) is 0.555. The fourth-order valence-corrected chi connectivity index (χ4v) is 2.27. The van der Waals surface area contributed by atoms with Crippen LogP contribution in [-0.2, 0) is 0 Å². The van der Waals surface area contributed by atoms with Crippen LogP contribution in [0, 0.1) is 5.41 Å². The number of fused-ring (bicyclic) bond motifs is 1. The van der Waals surface area contributed by atoms with Gasteiger partial charge >= 0.3 is 0 Å². The third-order valence-electron chi connectivity index (χ3n) is 2.96. The maximum absolute atomic E-state index is 7.41. The van der Waals surface area contributed by atoms with Crippen LogP contribution in [0.25, 0.3) is 16.6 Å². The molecule has 4 nitrogen and oxygen atoms in total. The third-order valence-corrected chi connectivity index (χ3v) is 3.27. The Hall–Kier alpha value is -2.33. The summed E-state index contributed by atoms with van der Waals surface area (Å²) in [6.45, 7) is 0. The van der Waals surface area contributed by atoms with Crippen molar-refractivity contribution in [2.24, 2.45) is 5.73 Å². The summed E-state index contributed by atoms with van der Waals surface area (Å²) < 4.78 is 1.78. The van der Waals surface area contributed by atoms with Gasteiger partial charge in [0.15, 0.2) is 0 Å². The van der Waals surface area contributed by atoms with Crippen molar-refractivity contribution < 1.29 is 0 Å². The number of aromatic nitrogens is 2. The Morgan fingerprint density at radius 2 is 2.00 bits per heavy atom. The van der Waals surface area contributed by atoms with E-state index in [2.05, 4.69) is 5.10 Å². The van der Waals surface area contributed by atoms with E-state index in [1.54, 1.807) is 23.0 Å². The lowest BCUT2D eigenvalue weighted by molar-refractivity contribution is 0.911. The average molecular weight is 271 g/mol. The Bertz CT molecular complexity index is 776. The summed E-state index contributed by atoms with van der Waals surface area (Å²) in [7, 11) is 0. The number of rotatable bonds is 2. The number of nitrogens with zero attached hydrogens (tertiary/aromatic N) is 2. The summed E-state index contributed by atoms with van der Waals surface area (Å²) in [5.74, 6) is -0.00114. The normalized spacial score (nSPS) is 10.8. The number of nitrogens with one attached hydrogen (secondary N) is 1. The number of halogens is 1. The molecule has 1 aromatic heterocycles. The molecule has 3 aromatic rings. The number of amidine groups is 1. The van der Waals surface area contributed by atoms with Crippen molar-refractivity contribution in [3.8, 4) is 5.69 Å². The van der Waals surface area contributed by atoms with E-state index in [1.807, 2.05) is 30.3 Å². The lowest BCUT2D eigenvalue weighted by atomic mass is 10.2. The predicted octanol–water partition coefficient (Wildman–Crippen LogP) is 2.96. The monoisotopic (exact) mass is 270 g/mol. The average Bonchev–Trinajstić information content (AvgIpc) is 2.82. The van der Waals surface area contributed by atoms with E-state index in [-0.39, 0.29) is 5.84 Å². The SMILES string of the molecule is N=C(N)c1ccc(-n2ncc3ccccc32)c(Cl)c1. The van der Waals surface area contributed by atoms with Crippen LogP contribution >= 0.6 is 11.6 Å². The van der Waals surface area contributed by atoms with Crippen molar-refractivity contribution in [1.29, 1.82) is 5.41 Å². The number of hydrogen-bond donors (Lipinski definition) is 2. The number of nitrogens with two attached hydrogens (primary N) is 1. The highest BCUT2D eigenvalue weighted by Crippen LogP contribution is 2.25. The highest BCUT2D eigenvalue weighted by atomic mass is 35.5. The molecule has 0 saturated carbocycles. The molecule has 19 heavy (non-hydrogen) atoms. The van der Waals surface area contributed by atoms with E-state index in [0.29, 0.717) is 10.6 Å². The Morgan fingerprint density at radius 3 is 2.74 bits per heavy atom. The second-order valence-electron chi connectivity index (χ2n) is 4.20. The lowest BCUT2D eigenvalue weighted by Gasteiger charge is -2.07. The number of nitrogen functional groups attached to an aromatic ring is 1. The fourth-order valence-electron chi connectivity index (χ4n) is 2.01. The second-order valence-corrected chi connectivity index (χ2v) is 4.60. The summed E-state index contributed by atoms with van der Waals surface area (Å²) in [5.41, 5.74) is 7.80. The molecule has 94 valence electrons. The van der Waals surface area contributed by atoms with Gasteiger partial charge in [0, 0.05) is 10.9 Å². The molecule has 0 aliphatic heterocycles. The summed E-state index contributed by atoms with van der Waals surface area (Å²) in [5, 5.41) is 13.3. The second kappa shape index (κ2) is 4.40. The van der Waals surface area contributed by atoms with E-state index in [4.69, 9.17) is 22.7 Å². The van der Waals surface area contributed by atoms with E-state index >= 15 is 0 Å². The molecule has 5 heteroatoms. The van der Waals surface area contributed by atoms with Gasteiger partial charge in [-0.1, -0.05) is 29.8 Å². The molecule has 3 N–H and O–H groups in total. The Labute approximate surface area is 114 Å². The molecule has 2 aromatic carbocycles. The van der Waals surface area contributed by atoms with Gasteiger partial charge in [-0.25, -0.2) is 4.68 Å². The Balaban J connectivity index is 2.19. The van der Waals surface area contributed by atoms with Gasteiger partial charge in [0.05, 0.1) is 22.4 Å². The van der Waals surface area contributed by atoms with Crippen LogP contribution in [0.4, 0.5) is 0 Å². The van der Waals surface area contributed by atoms with Crippen LogP contribution < -0.4 is 5.73 Å². The largest absolute Gasteiger partial charge is 0.384 e. The molecule has 1 heterocycles.